The molecule has 84 valence electrons. The molecule has 0 saturated carbocycles. The SMILES string of the molecule is CCNS(=O)(=O)c1cc(CN)ccc1Br. The number of hydrogen-bond acceptors (Lipinski definition) is 3. The second kappa shape index (κ2) is 5.07. The summed E-state index contributed by atoms with van der Waals surface area (Å²) in [7, 11) is -3.43. The molecule has 0 atom stereocenters. The van der Waals surface area contributed by atoms with Crippen LogP contribution in [-0.2, 0) is 16.6 Å². The van der Waals surface area contributed by atoms with Gasteiger partial charge >= 0.3 is 0 Å². The molecule has 0 spiro atoms. The molecule has 0 unspecified atom stereocenters. The van der Waals surface area contributed by atoms with Crippen LogP contribution in [0.25, 0.3) is 0 Å². The maximum absolute atomic E-state index is 11.7. The van der Waals surface area contributed by atoms with Crippen molar-refractivity contribution in [2.75, 3.05) is 6.54 Å². The largest absolute Gasteiger partial charge is 0.326 e. The molecule has 1 aromatic rings. The van der Waals surface area contributed by atoms with Gasteiger partial charge in [0.05, 0.1) is 4.90 Å². The number of halogens is 1. The third-order valence-electron chi connectivity index (χ3n) is 1.86. The fourth-order valence-corrected chi connectivity index (χ4v) is 3.20. The Morgan fingerprint density at radius 3 is 2.67 bits per heavy atom. The lowest BCUT2D eigenvalue weighted by Crippen LogP contribution is -2.23. The Labute approximate surface area is 98.0 Å². The smallest absolute Gasteiger partial charge is 0.241 e. The van der Waals surface area contributed by atoms with Crippen molar-refractivity contribution in [2.45, 2.75) is 18.4 Å². The van der Waals surface area contributed by atoms with E-state index in [4.69, 9.17) is 5.73 Å². The molecule has 6 heteroatoms. The first-order chi connectivity index (χ1) is 7.01. The molecule has 0 aromatic heterocycles. The lowest BCUT2D eigenvalue weighted by molar-refractivity contribution is 0.583. The van der Waals surface area contributed by atoms with Gasteiger partial charge in [0.2, 0.25) is 10.0 Å². The van der Waals surface area contributed by atoms with Crippen molar-refractivity contribution in [3.63, 3.8) is 0 Å². The molecule has 0 heterocycles. The van der Waals surface area contributed by atoms with Gasteiger partial charge in [0.1, 0.15) is 0 Å². The summed E-state index contributed by atoms with van der Waals surface area (Å²) in [5, 5.41) is 0. The van der Waals surface area contributed by atoms with Crippen LogP contribution in [0.4, 0.5) is 0 Å². The Hall–Kier alpha value is -0.430. The Morgan fingerprint density at radius 2 is 2.13 bits per heavy atom. The topological polar surface area (TPSA) is 72.2 Å². The molecule has 0 saturated heterocycles. The van der Waals surface area contributed by atoms with Crippen LogP contribution in [0.15, 0.2) is 27.6 Å². The molecule has 0 amide bonds. The lowest BCUT2D eigenvalue weighted by Gasteiger charge is -2.08. The fraction of sp³-hybridized carbons (Fsp3) is 0.333. The Morgan fingerprint density at radius 1 is 1.47 bits per heavy atom. The fourth-order valence-electron chi connectivity index (χ4n) is 1.15. The van der Waals surface area contributed by atoms with Gasteiger partial charge in [-0.25, -0.2) is 13.1 Å². The van der Waals surface area contributed by atoms with E-state index in [0.29, 0.717) is 17.6 Å². The number of nitrogens with one attached hydrogen (secondary N) is 1. The molecular formula is C9H13BrN2O2S. The van der Waals surface area contributed by atoms with Gasteiger partial charge in [-0.2, -0.15) is 0 Å². The average Bonchev–Trinajstić information content (AvgIpc) is 2.18. The van der Waals surface area contributed by atoms with Crippen LogP contribution in [0.5, 0.6) is 0 Å². The zero-order valence-electron chi connectivity index (χ0n) is 8.33. The molecular weight excluding hydrogens is 280 g/mol. The van der Waals surface area contributed by atoms with Gasteiger partial charge in [-0.15, -0.1) is 0 Å². The third-order valence-corrected chi connectivity index (χ3v) is 4.39. The monoisotopic (exact) mass is 292 g/mol. The summed E-state index contributed by atoms with van der Waals surface area (Å²) in [4.78, 5) is 0.229. The number of nitrogens with two attached hydrogens (primary N) is 1. The number of sulfonamides is 1. The van der Waals surface area contributed by atoms with Crippen molar-refractivity contribution in [3.05, 3.63) is 28.2 Å². The first-order valence-corrected chi connectivity index (χ1v) is 6.77. The molecule has 0 aliphatic carbocycles. The number of hydrogen-bond donors (Lipinski definition) is 2. The molecule has 0 aliphatic heterocycles. The van der Waals surface area contributed by atoms with E-state index in [0.717, 1.165) is 5.56 Å². The Kier molecular flexibility index (Phi) is 4.27. The van der Waals surface area contributed by atoms with Gasteiger partial charge < -0.3 is 5.73 Å². The van der Waals surface area contributed by atoms with Crippen molar-refractivity contribution in [3.8, 4) is 0 Å². The lowest BCUT2D eigenvalue weighted by atomic mass is 10.2. The zero-order chi connectivity index (χ0) is 11.5. The van der Waals surface area contributed by atoms with Crippen LogP contribution in [0, 0.1) is 0 Å². The van der Waals surface area contributed by atoms with Gasteiger partial charge in [0.25, 0.3) is 0 Å². The highest BCUT2D eigenvalue weighted by Gasteiger charge is 2.16. The summed E-state index contributed by atoms with van der Waals surface area (Å²) in [6.07, 6.45) is 0. The van der Waals surface area contributed by atoms with Crippen LogP contribution in [0.1, 0.15) is 12.5 Å². The molecule has 0 aliphatic rings. The summed E-state index contributed by atoms with van der Waals surface area (Å²) in [5.74, 6) is 0. The first kappa shape index (κ1) is 12.6. The number of benzene rings is 1. The second-order valence-electron chi connectivity index (χ2n) is 2.97. The minimum atomic E-state index is -3.43. The zero-order valence-corrected chi connectivity index (χ0v) is 10.7. The van der Waals surface area contributed by atoms with Gasteiger partial charge in [-0.05, 0) is 33.6 Å². The third kappa shape index (κ3) is 3.01. The van der Waals surface area contributed by atoms with E-state index in [2.05, 4.69) is 20.7 Å². The van der Waals surface area contributed by atoms with Gasteiger partial charge in [0, 0.05) is 17.6 Å². The van der Waals surface area contributed by atoms with E-state index in [1.54, 1.807) is 25.1 Å². The first-order valence-electron chi connectivity index (χ1n) is 4.49. The predicted molar refractivity (Wildman–Crippen MR) is 62.9 cm³/mol. The molecule has 1 aromatic carbocycles. The summed E-state index contributed by atoms with van der Waals surface area (Å²) in [6.45, 7) is 2.42. The maximum atomic E-state index is 11.7. The molecule has 0 bridgehead atoms. The molecule has 4 nitrogen and oxygen atoms in total. The van der Waals surface area contributed by atoms with Crippen LogP contribution in [-0.4, -0.2) is 15.0 Å². The highest BCUT2D eigenvalue weighted by molar-refractivity contribution is 9.10. The van der Waals surface area contributed by atoms with Gasteiger partial charge in [-0.3, -0.25) is 0 Å². The highest BCUT2D eigenvalue weighted by Crippen LogP contribution is 2.22. The van der Waals surface area contributed by atoms with E-state index in [1.807, 2.05) is 0 Å². The Balaban J connectivity index is 3.24. The van der Waals surface area contributed by atoms with Crippen LogP contribution in [0.3, 0.4) is 0 Å². The molecule has 0 radical (unpaired) electrons. The van der Waals surface area contributed by atoms with Crippen molar-refractivity contribution >= 4 is 26.0 Å². The van der Waals surface area contributed by atoms with Gasteiger partial charge in [-0.1, -0.05) is 13.0 Å². The molecule has 3 N–H and O–H groups in total. The van der Waals surface area contributed by atoms with Gasteiger partial charge in [0.15, 0.2) is 0 Å². The minimum absolute atomic E-state index is 0.229. The van der Waals surface area contributed by atoms with E-state index in [-0.39, 0.29) is 4.90 Å². The van der Waals surface area contributed by atoms with E-state index in [1.165, 1.54) is 0 Å². The van der Waals surface area contributed by atoms with E-state index >= 15 is 0 Å². The molecule has 1 rings (SSSR count). The van der Waals surface area contributed by atoms with Crippen molar-refractivity contribution in [1.29, 1.82) is 0 Å². The maximum Gasteiger partial charge on any atom is 0.241 e. The highest BCUT2D eigenvalue weighted by atomic mass is 79.9. The molecule has 0 fully saturated rings. The average molecular weight is 293 g/mol. The van der Waals surface area contributed by atoms with E-state index < -0.39 is 10.0 Å². The van der Waals surface area contributed by atoms with Crippen LogP contribution in [0.2, 0.25) is 0 Å². The summed E-state index contributed by atoms with van der Waals surface area (Å²) in [6, 6.07) is 5.05. The predicted octanol–water partition coefficient (Wildman–Crippen LogP) is 1.21. The van der Waals surface area contributed by atoms with E-state index in [9.17, 15) is 8.42 Å². The standard InChI is InChI=1S/C9H13BrN2O2S/c1-2-12-15(13,14)9-5-7(6-11)3-4-8(9)10/h3-5,12H,2,6,11H2,1H3. The second-order valence-corrected chi connectivity index (χ2v) is 5.56. The quantitative estimate of drug-likeness (QED) is 0.876. The van der Waals surface area contributed by atoms with Crippen molar-refractivity contribution < 1.29 is 8.42 Å². The van der Waals surface area contributed by atoms with Crippen molar-refractivity contribution in [1.82, 2.24) is 4.72 Å². The number of rotatable bonds is 4. The van der Waals surface area contributed by atoms with Crippen LogP contribution >= 0.6 is 15.9 Å². The summed E-state index contributed by atoms with van der Waals surface area (Å²) in [5.41, 5.74) is 6.24. The summed E-state index contributed by atoms with van der Waals surface area (Å²) < 4.78 is 26.5. The normalized spacial score (nSPS) is 11.7. The molecule has 15 heavy (non-hydrogen) atoms. The van der Waals surface area contributed by atoms with Crippen LogP contribution < -0.4 is 10.5 Å². The Bertz CT molecular complexity index is 445. The minimum Gasteiger partial charge on any atom is -0.326 e. The summed E-state index contributed by atoms with van der Waals surface area (Å²) >= 11 is 3.21. The van der Waals surface area contributed by atoms with Crippen molar-refractivity contribution in [2.24, 2.45) is 5.73 Å².